The molecule has 0 N–H and O–H groups in total. The zero-order valence-electron chi connectivity index (χ0n) is 12.7. The number of aromatic nitrogens is 3. The van der Waals surface area contributed by atoms with Crippen molar-refractivity contribution in [3.05, 3.63) is 43.9 Å². The lowest BCUT2D eigenvalue weighted by Crippen LogP contribution is -2.30. The van der Waals surface area contributed by atoms with E-state index in [1.165, 1.54) is 15.4 Å². The zero-order valence-corrected chi connectivity index (χ0v) is 13.5. The number of ether oxygens (including phenoxy) is 1. The molecule has 0 saturated heterocycles. The van der Waals surface area contributed by atoms with Gasteiger partial charge < -0.3 is 4.74 Å². The standard InChI is InChI=1S/C15H17ClFN3O3/c1-2-7-23-13-9-12(11(17)8-10(13)16)20-14(21)18-5-3-4-6-19(18)15(20)22/h8-9H,2-7H2,1H3. The summed E-state index contributed by atoms with van der Waals surface area (Å²) in [7, 11) is 0. The topological polar surface area (TPSA) is 58.2 Å². The van der Waals surface area contributed by atoms with Crippen LogP contribution in [0.15, 0.2) is 21.7 Å². The maximum absolute atomic E-state index is 14.3. The summed E-state index contributed by atoms with van der Waals surface area (Å²) in [6, 6.07) is 2.37. The number of nitrogens with zero attached hydrogens (tertiary/aromatic N) is 3. The van der Waals surface area contributed by atoms with Gasteiger partial charge in [0.15, 0.2) is 0 Å². The highest BCUT2D eigenvalue weighted by Crippen LogP contribution is 2.29. The van der Waals surface area contributed by atoms with Gasteiger partial charge in [-0.1, -0.05) is 18.5 Å². The van der Waals surface area contributed by atoms with Gasteiger partial charge in [0.2, 0.25) is 0 Å². The Morgan fingerprint density at radius 2 is 1.78 bits per heavy atom. The fourth-order valence-corrected chi connectivity index (χ4v) is 2.90. The maximum Gasteiger partial charge on any atom is 0.351 e. The molecule has 1 aliphatic heterocycles. The van der Waals surface area contributed by atoms with Gasteiger partial charge >= 0.3 is 11.4 Å². The molecule has 0 radical (unpaired) electrons. The number of rotatable bonds is 4. The summed E-state index contributed by atoms with van der Waals surface area (Å²) in [5, 5.41) is 0.108. The van der Waals surface area contributed by atoms with Crippen LogP contribution >= 0.6 is 11.6 Å². The van der Waals surface area contributed by atoms with Crippen LogP contribution in [0.3, 0.4) is 0 Å². The minimum Gasteiger partial charge on any atom is -0.492 e. The lowest BCUT2D eigenvalue weighted by atomic mass is 10.2. The normalized spacial score (nSPS) is 13.9. The second-order valence-corrected chi connectivity index (χ2v) is 5.84. The van der Waals surface area contributed by atoms with Gasteiger partial charge in [-0.2, -0.15) is 0 Å². The third kappa shape index (κ3) is 2.69. The van der Waals surface area contributed by atoms with Crippen LogP contribution < -0.4 is 16.1 Å². The number of hydrogen-bond donors (Lipinski definition) is 0. The van der Waals surface area contributed by atoms with E-state index >= 15 is 0 Å². The van der Waals surface area contributed by atoms with E-state index in [2.05, 4.69) is 0 Å². The molecule has 0 saturated carbocycles. The van der Waals surface area contributed by atoms with Gasteiger partial charge in [0.25, 0.3) is 0 Å². The van der Waals surface area contributed by atoms with Gasteiger partial charge in [-0.05, 0) is 25.3 Å². The molecule has 0 aliphatic carbocycles. The lowest BCUT2D eigenvalue weighted by molar-refractivity contribution is 0.317. The molecule has 8 heteroatoms. The van der Waals surface area contributed by atoms with E-state index in [9.17, 15) is 14.0 Å². The fourth-order valence-electron chi connectivity index (χ4n) is 2.69. The molecule has 124 valence electrons. The highest BCUT2D eigenvalue weighted by molar-refractivity contribution is 6.32. The molecular weight excluding hydrogens is 325 g/mol. The van der Waals surface area contributed by atoms with Crippen molar-refractivity contribution in [3.63, 3.8) is 0 Å². The first-order valence-electron chi connectivity index (χ1n) is 7.59. The molecule has 3 rings (SSSR count). The molecule has 2 heterocycles. The first-order valence-corrected chi connectivity index (χ1v) is 7.97. The van der Waals surface area contributed by atoms with Crippen LogP contribution in [0, 0.1) is 5.82 Å². The smallest absolute Gasteiger partial charge is 0.351 e. The Balaban J connectivity index is 2.17. The molecule has 0 unspecified atom stereocenters. The summed E-state index contributed by atoms with van der Waals surface area (Å²) in [5.41, 5.74) is -1.22. The molecule has 2 aromatic rings. The van der Waals surface area contributed by atoms with E-state index in [4.69, 9.17) is 16.3 Å². The monoisotopic (exact) mass is 341 g/mol. The average molecular weight is 342 g/mol. The molecule has 0 bridgehead atoms. The minimum atomic E-state index is -0.735. The summed E-state index contributed by atoms with van der Waals surface area (Å²) in [6.45, 7) is 3.24. The molecule has 1 aromatic heterocycles. The number of benzene rings is 1. The van der Waals surface area contributed by atoms with Crippen LogP contribution in [0.25, 0.3) is 5.69 Å². The Morgan fingerprint density at radius 1 is 1.17 bits per heavy atom. The van der Waals surface area contributed by atoms with Crippen molar-refractivity contribution in [3.8, 4) is 11.4 Å². The van der Waals surface area contributed by atoms with Crippen LogP contribution in [-0.4, -0.2) is 20.5 Å². The fraction of sp³-hybridized carbons (Fsp3) is 0.467. The van der Waals surface area contributed by atoms with E-state index in [-0.39, 0.29) is 16.5 Å². The molecule has 1 aliphatic rings. The summed E-state index contributed by atoms with van der Waals surface area (Å²) in [5.74, 6) is -0.480. The molecule has 6 nitrogen and oxygen atoms in total. The number of halogens is 2. The predicted octanol–water partition coefficient (Wildman–Crippen LogP) is 2.18. The largest absolute Gasteiger partial charge is 0.492 e. The molecule has 0 spiro atoms. The van der Waals surface area contributed by atoms with Gasteiger partial charge in [0, 0.05) is 19.2 Å². The molecular formula is C15H17ClFN3O3. The van der Waals surface area contributed by atoms with Crippen LogP contribution in [0.1, 0.15) is 26.2 Å². The maximum atomic E-state index is 14.3. The lowest BCUT2D eigenvalue weighted by Gasteiger charge is -2.13. The summed E-state index contributed by atoms with van der Waals surface area (Å²) in [4.78, 5) is 24.9. The van der Waals surface area contributed by atoms with Crippen LogP contribution in [0.4, 0.5) is 4.39 Å². The zero-order chi connectivity index (χ0) is 16.6. The second kappa shape index (κ2) is 6.23. The quantitative estimate of drug-likeness (QED) is 0.856. The van der Waals surface area contributed by atoms with Crippen molar-refractivity contribution >= 4 is 11.6 Å². The average Bonchev–Trinajstić information content (AvgIpc) is 2.79. The van der Waals surface area contributed by atoms with Gasteiger partial charge in [-0.25, -0.2) is 27.9 Å². The van der Waals surface area contributed by atoms with Crippen molar-refractivity contribution in [2.75, 3.05) is 6.61 Å². The van der Waals surface area contributed by atoms with E-state index < -0.39 is 17.2 Å². The number of hydrogen-bond acceptors (Lipinski definition) is 3. The van der Waals surface area contributed by atoms with Gasteiger partial charge in [0.05, 0.1) is 17.3 Å². The minimum absolute atomic E-state index is 0.108. The van der Waals surface area contributed by atoms with E-state index in [1.807, 2.05) is 6.92 Å². The Bertz CT molecular complexity index is 815. The van der Waals surface area contributed by atoms with Crippen LogP contribution in [-0.2, 0) is 13.1 Å². The summed E-state index contributed by atoms with van der Waals surface area (Å²) < 4.78 is 23.3. The molecule has 1 aromatic carbocycles. The second-order valence-electron chi connectivity index (χ2n) is 5.44. The third-order valence-electron chi connectivity index (χ3n) is 3.81. The van der Waals surface area contributed by atoms with Crippen molar-refractivity contribution in [1.29, 1.82) is 0 Å². The first-order chi connectivity index (χ1) is 11.0. The summed E-state index contributed by atoms with van der Waals surface area (Å²) in [6.07, 6.45) is 2.39. The van der Waals surface area contributed by atoms with Crippen molar-refractivity contribution in [1.82, 2.24) is 13.9 Å². The van der Waals surface area contributed by atoms with Crippen LogP contribution in [0.5, 0.6) is 5.75 Å². The summed E-state index contributed by atoms with van der Waals surface area (Å²) >= 11 is 5.96. The highest BCUT2D eigenvalue weighted by atomic mass is 35.5. The van der Waals surface area contributed by atoms with E-state index in [1.54, 1.807) is 0 Å². The molecule has 0 fully saturated rings. The van der Waals surface area contributed by atoms with Crippen LogP contribution in [0.2, 0.25) is 5.02 Å². The van der Waals surface area contributed by atoms with Crippen molar-refractivity contribution in [2.24, 2.45) is 0 Å². The van der Waals surface area contributed by atoms with Gasteiger partial charge in [-0.3, -0.25) is 0 Å². The molecule has 23 heavy (non-hydrogen) atoms. The Morgan fingerprint density at radius 3 is 2.35 bits per heavy atom. The number of fused-ring (bicyclic) bond motifs is 1. The van der Waals surface area contributed by atoms with Crippen molar-refractivity contribution < 1.29 is 9.13 Å². The highest BCUT2D eigenvalue weighted by Gasteiger charge is 2.22. The Labute approximate surface area is 136 Å². The van der Waals surface area contributed by atoms with Gasteiger partial charge in [0.1, 0.15) is 11.6 Å². The third-order valence-corrected chi connectivity index (χ3v) is 4.10. The van der Waals surface area contributed by atoms with E-state index in [0.717, 1.165) is 29.9 Å². The van der Waals surface area contributed by atoms with Gasteiger partial charge in [-0.15, -0.1) is 0 Å². The SMILES string of the molecule is CCCOc1cc(-n2c(=O)n3n(c2=O)CCCC3)c(F)cc1Cl. The Kier molecular flexibility index (Phi) is 4.30. The molecule has 0 atom stereocenters. The predicted molar refractivity (Wildman–Crippen MR) is 84.3 cm³/mol. The molecule has 0 amide bonds. The Hall–Kier alpha value is -2.02. The van der Waals surface area contributed by atoms with E-state index in [0.29, 0.717) is 19.7 Å². The van der Waals surface area contributed by atoms with Crippen molar-refractivity contribution in [2.45, 2.75) is 39.3 Å². The first kappa shape index (κ1) is 15.9.